The number of rotatable bonds is 3. The van der Waals surface area contributed by atoms with Gasteiger partial charge in [0.2, 0.25) is 5.95 Å². The van der Waals surface area contributed by atoms with E-state index in [0.29, 0.717) is 23.2 Å². The molecule has 0 amide bonds. The average Bonchev–Trinajstić information content (AvgIpc) is 2.34. The molecule has 0 bridgehead atoms. The quantitative estimate of drug-likeness (QED) is 0.663. The van der Waals surface area contributed by atoms with Crippen LogP contribution < -0.4 is 10.6 Å². The molecule has 0 unspecified atom stereocenters. The van der Waals surface area contributed by atoms with E-state index in [1.807, 2.05) is 18.0 Å². The lowest BCUT2D eigenvalue weighted by atomic mass is 10.2. The molecule has 0 atom stereocenters. The molecule has 2 N–H and O–H groups in total. The number of anilines is 2. The van der Waals surface area contributed by atoms with Crippen molar-refractivity contribution < 1.29 is 0 Å². The van der Waals surface area contributed by atoms with Crippen LogP contribution in [-0.2, 0) is 6.54 Å². The van der Waals surface area contributed by atoms with Crippen LogP contribution in [0.25, 0.3) is 0 Å². The summed E-state index contributed by atoms with van der Waals surface area (Å²) in [7, 11) is 1.92. The molecule has 2 aromatic rings. The van der Waals surface area contributed by atoms with Crippen LogP contribution in [0.3, 0.4) is 0 Å². The van der Waals surface area contributed by atoms with Crippen molar-refractivity contribution in [2.45, 2.75) is 6.54 Å². The standard InChI is InChI=1S/C12H12ClIN4/c1-18(12-16-5-9(14)6-17-12)7-8-4-10(15)2-3-11(8)13/h2-6H,7,15H2,1H3. The summed E-state index contributed by atoms with van der Waals surface area (Å²) < 4.78 is 1.01. The number of hydrogen-bond donors (Lipinski definition) is 1. The number of nitrogen functional groups attached to an aromatic ring is 1. The molecular formula is C12H12ClIN4. The molecule has 6 heteroatoms. The highest BCUT2D eigenvalue weighted by Gasteiger charge is 2.08. The van der Waals surface area contributed by atoms with Gasteiger partial charge in [0.1, 0.15) is 0 Å². The van der Waals surface area contributed by atoms with Crippen molar-refractivity contribution in [2.75, 3.05) is 17.7 Å². The maximum atomic E-state index is 6.13. The fourth-order valence-electron chi connectivity index (χ4n) is 1.54. The third-order valence-electron chi connectivity index (χ3n) is 2.43. The lowest BCUT2D eigenvalue weighted by molar-refractivity contribution is 0.865. The Hall–Kier alpha value is -1.08. The fourth-order valence-corrected chi connectivity index (χ4v) is 2.00. The van der Waals surface area contributed by atoms with E-state index in [1.165, 1.54) is 0 Å². The van der Waals surface area contributed by atoms with E-state index in [2.05, 4.69) is 32.6 Å². The first-order chi connectivity index (χ1) is 8.56. The molecule has 0 spiro atoms. The van der Waals surface area contributed by atoms with E-state index in [0.717, 1.165) is 9.13 Å². The van der Waals surface area contributed by atoms with E-state index < -0.39 is 0 Å². The summed E-state index contributed by atoms with van der Waals surface area (Å²) >= 11 is 8.30. The molecule has 18 heavy (non-hydrogen) atoms. The maximum Gasteiger partial charge on any atom is 0.225 e. The Bertz CT molecular complexity index is 544. The van der Waals surface area contributed by atoms with Gasteiger partial charge in [0.15, 0.2) is 0 Å². The molecule has 0 radical (unpaired) electrons. The van der Waals surface area contributed by atoms with Gasteiger partial charge in [-0.1, -0.05) is 11.6 Å². The second-order valence-corrected chi connectivity index (χ2v) is 5.56. The Balaban J connectivity index is 2.18. The summed E-state index contributed by atoms with van der Waals surface area (Å²) in [5, 5.41) is 0.696. The van der Waals surface area contributed by atoms with Crippen LogP contribution in [0, 0.1) is 3.57 Å². The molecule has 0 aliphatic heterocycles. The van der Waals surface area contributed by atoms with Crippen molar-refractivity contribution >= 4 is 45.8 Å². The lowest BCUT2D eigenvalue weighted by Gasteiger charge is -2.17. The van der Waals surface area contributed by atoms with Gasteiger partial charge in [-0.2, -0.15) is 0 Å². The molecule has 4 nitrogen and oxygen atoms in total. The second kappa shape index (κ2) is 5.71. The van der Waals surface area contributed by atoms with Crippen LogP contribution in [0.1, 0.15) is 5.56 Å². The van der Waals surface area contributed by atoms with E-state index in [1.54, 1.807) is 24.5 Å². The molecule has 0 saturated carbocycles. The third kappa shape index (κ3) is 3.23. The van der Waals surface area contributed by atoms with E-state index in [9.17, 15) is 0 Å². The molecule has 0 aliphatic rings. The molecule has 2 rings (SSSR count). The Labute approximate surface area is 124 Å². The first-order valence-corrected chi connectivity index (χ1v) is 6.74. The zero-order chi connectivity index (χ0) is 13.1. The van der Waals surface area contributed by atoms with Gasteiger partial charge in [0.25, 0.3) is 0 Å². The van der Waals surface area contributed by atoms with Gasteiger partial charge in [0.05, 0.1) is 0 Å². The van der Waals surface area contributed by atoms with Crippen molar-refractivity contribution in [3.05, 3.63) is 44.7 Å². The summed E-state index contributed by atoms with van der Waals surface area (Å²) in [5.74, 6) is 0.661. The predicted octanol–water partition coefficient (Wildman–Crippen LogP) is 2.95. The normalized spacial score (nSPS) is 10.4. The van der Waals surface area contributed by atoms with Crippen molar-refractivity contribution in [2.24, 2.45) is 0 Å². The number of benzene rings is 1. The van der Waals surface area contributed by atoms with Crippen LogP contribution in [0.2, 0.25) is 5.02 Å². The first-order valence-electron chi connectivity index (χ1n) is 5.29. The summed E-state index contributed by atoms with van der Waals surface area (Å²) in [4.78, 5) is 10.4. The Morgan fingerprint density at radius 3 is 2.67 bits per heavy atom. The second-order valence-electron chi connectivity index (χ2n) is 3.91. The highest BCUT2D eigenvalue weighted by molar-refractivity contribution is 14.1. The van der Waals surface area contributed by atoms with Crippen LogP contribution in [0.4, 0.5) is 11.6 Å². The molecule has 0 saturated heterocycles. The van der Waals surface area contributed by atoms with Crippen molar-refractivity contribution in [1.82, 2.24) is 9.97 Å². The highest BCUT2D eigenvalue weighted by Crippen LogP contribution is 2.21. The maximum absolute atomic E-state index is 6.13. The van der Waals surface area contributed by atoms with Crippen molar-refractivity contribution in [3.63, 3.8) is 0 Å². The van der Waals surface area contributed by atoms with Gasteiger partial charge >= 0.3 is 0 Å². The predicted molar refractivity (Wildman–Crippen MR) is 82.7 cm³/mol. The Morgan fingerprint density at radius 2 is 2.00 bits per heavy atom. The zero-order valence-corrected chi connectivity index (χ0v) is 12.7. The molecule has 1 heterocycles. The van der Waals surface area contributed by atoms with Gasteiger partial charge in [-0.15, -0.1) is 0 Å². The largest absolute Gasteiger partial charge is 0.399 e. The zero-order valence-electron chi connectivity index (χ0n) is 9.77. The van der Waals surface area contributed by atoms with E-state index in [4.69, 9.17) is 17.3 Å². The van der Waals surface area contributed by atoms with Gasteiger partial charge in [-0.05, 0) is 46.4 Å². The number of halogens is 2. The number of nitrogens with zero attached hydrogens (tertiary/aromatic N) is 3. The number of nitrogens with two attached hydrogens (primary N) is 1. The first kappa shape index (κ1) is 13.4. The third-order valence-corrected chi connectivity index (χ3v) is 3.35. The summed E-state index contributed by atoms with van der Waals surface area (Å²) in [6.07, 6.45) is 3.56. The summed E-state index contributed by atoms with van der Waals surface area (Å²) in [5.41, 5.74) is 7.41. The summed E-state index contributed by atoms with van der Waals surface area (Å²) in [6.45, 7) is 0.616. The van der Waals surface area contributed by atoms with Crippen molar-refractivity contribution in [1.29, 1.82) is 0 Å². The SMILES string of the molecule is CN(Cc1cc(N)ccc1Cl)c1ncc(I)cn1. The minimum Gasteiger partial charge on any atom is -0.399 e. The highest BCUT2D eigenvalue weighted by atomic mass is 127. The van der Waals surface area contributed by atoms with Crippen LogP contribution >= 0.6 is 34.2 Å². The number of hydrogen-bond acceptors (Lipinski definition) is 4. The van der Waals surface area contributed by atoms with E-state index in [-0.39, 0.29) is 0 Å². The Morgan fingerprint density at radius 1 is 1.33 bits per heavy atom. The summed E-state index contributed by atoms with van der Waals surface area (Å²) in [6, 6.07) is 5.45. The molecule has 0 aliphatic carbocycles. The number of aromatic nitrogens is 2. The molecule has 1 aromatic heterocycles. The minimum atomic E-state index is 0.616. The molecule has 1 aromatic carbocycles. The lowest BCUT2D eigenvalue weighted by Crippen LogP contribution is -2.19. The van der Waals surface area contributed by atoms with Gasteiger partial charge in [-0.25, -0.2) is 9.97 Å². The Kier molecular flexibility index (Phi) is 4.23. The van der Waals surface area contributed by atoms with Gasteiger partial charge < -0.3 is 10.6 Å². The van der Waals surface area contributed by atoms with Crippen LogP contribution in [0.15, 0.2) is 30.6 Å². The fraction of sp³-hybridized carbons (Fsp3) is 0.167. The average molecular weight is 375 g/mol. The van der Waals surface area contributed by atoms with Gasteiger partial charge in [-0.3, -0.25) is 0 Å². The topological polar surface area (TPSA) is 55.0 Å². The molecule has 0 fully saturated rings. The van der Waals surface area contributed by atoms with Crippen LogP contribution in [0.5, 0.6) is 0 Å². The van der Waals surface area contributed by atoms with Crippen molar-refractivity contribution in [3.8, 4) is 0 Å². The van der Waals surface area contributed by atoms with Gasteiger partial charge in [0, 0.05) is 40.3 Å². The smallest absolute Gasteiger partial charge is 0.225 e. The molecular weight excluding hydrogens is 363 g/mol. The van der Waals surface area contributed by atoms with Crippen LogP contribution in [-0.4, -0.2) is 17.0 Å². The monoisotopic (exact) mass is 374 g/mol. The van der Waals surface area contributed by atoms with E-state index >= 15 is 0 Å². The minimum absolute atomic E-state index is 0.616. The molecule has 94 valence electrons.